The van der Waals surface area contributed by atoms with Crippen LogP contribution in [0.3, 0.4) is 0 Å². The SMILES string of the molecule is Cc1c(C(=O)OCC(=O)NC(=O)NC(C)C)oc2c(Cl)cccc12. The van der Waals surface area contributed by atoms with E-state index < -0.39 is 24.5 Å². The Hall–Kier alpha value is -2.54. The third-order valence-electron chi connectivity index (χ3n) is 3.11. The number of halogens is 1. The van der Waals surface area contributed by atoms with Crippen molar-refractivity contribution < 1.29 is 23.5 Å². The zero-order valence-electron chi connectivity index (χ0n) is 13.4. The van der Waals surface area contributed by atoms with Crippen LogP contribution in [0.25, 0.3) is 11.0 Å². The molecule has 0 aliphatic heterocycles. The van der Waals surface area contributed by atoms with Gasteiger partial charge in [0.2, 0.25) is 5.76 Å². The Kier molecular flexibility index (Phi) is 5.46. The number of hydrogen-bond donors (Lipinski definition) is 2. The number of nitrogens with one attached hydrogen (secondary N) is 2. The predicted octanol–water partition coefficient (Wildman–Crippen LogP) is 2.79. The largest absolute Gasteiger partial charge is 0.450 e. The first kappa shape index (κ1) is 17.8. The summed E-state index contributed by atoms with van der Waals surface area (Å²) in [5, 5.41) is 5.59. The monoisotopic (exact) mass is 352 g/mol. The van der Waals surface area contributed by atoms with Crippen LogP contribution in [0, 0.1) is 6.92 Å². The molecule has 0 radical (unpaired) electrons. The van der Waals surface area contributed by atoms with Gasteiger partial charge in [0.1, 0.15) is 0 Å². The number of imide groups is 1. The number of carbonyl (C=O) groups is 3. The van der Waals surface area contributed by atoms with Crippen molar-refractivity contribution in [2.24, 2.45) is 0 Å². The van der Waals surface area contributed by atoms with Crippen LogP contribution >= 0.6 is 11.6 Å². The van der Waals surface area contributed by atoms with Crippen LogP contribution < -0.4 is 10.6 Å². The van der Waals surface area contributed by atoms with E-state index in [0.717, 1.165) is 0 Å². The summed E-state index contributed by atoms with van der Waals surface area (Å²) < 4.78 is 10.3. The van der Waals surface area contributed by atoms with E-state index in [1.807, 2.05) is 0 Å². The molecule has 0 aliphatic rings. The number of para-hydroxylation sites is 1. The van der Waals surface area contributed by atoms with Crippen molar-refractivity contribution in [3.05, 3.63) is 34.5 Å². The number of furan rings is 1. The number of benzene rings is 1. The van der Waals surface area contributed by atoms with Crippen molar-refractivity contribution in [3.63, 3.8) is 0 Å². The lowest BCUT2D eigenvalue weighted by Gasteiger charge is -2.09. The molecule has 0 saturated heterocycles. The highest BCUT2D eigenvalue weighted by Gasteiger charge is 2.21. The van der Waals surface area contributed by atoms with Gasteiger partial charge in [0.25, 0.3) is 5.91 Å². The molecule has 1 aromatic heterocycles. The van der Waals surface area contributed by atoms with Crippen LogP contribution in [0.1, 0.15) is 30.0 Å². The number of amides is 3. The zero-order valence-corrected chi connectivity index (χ0v) is 14.2. The predicted molar refractivity (Wildman–Crippen MR) is 88.1 cm³/mol. The second-order valence-electron chi connectivity index (χ2n) is 5.43. The fourth-order valence-electron chi connectivity index (χ4n) is 2.06. The summed E-state index contributed by atoms with van der Waals surface area (Å²) in [6, 6.07) is 4.37. The van der Waals surface area contributed by atoms with E-state index in [1.54, 1.807) is 39.0 Å². The van der Waals surface area contributed by atoms with E-state index >= 15 is 0 Å². The second kappa shape index (κ2) is 7.35. The molecule has 1 heterocycles. The van der Waals surface area contributed by atoms with Crippen molar-refractivity contribution in [2.75, 3.05) is 6.61 Å². The number of ether oxygens (including phenoxy) is 1. The van der Waals surface area contributed by atoms with Gasteiger partial charge < -0.3 is 14.5 Å². The highest BCUT2D eigenvalue weighted by molar-refractivity contribution is 6.35. The summed E-state index contributed by atoms with van der Waals surface area (Å²) in [6.45, 7) is 4.59. The maximum atomic E-state index is 12.1. The first-order valence-electron chi connectivity index (χ1n) is 7.24. The number of esters is 1. The van der Waals surface area contributed by atoms with Crippen molar-refractivity contribution in [1.82, 2.24) is 10.6 Å². The maximum absolute atomic E-state index is 12.1. The molecule has 0 atom stereocenters. The van der Waals surface area contributed by atoms with Crippen LogP contribution in [0.15, 0.2) is 22.6 Å². The third kappa shape index (κ3) is 4.05. The molecule has 0 fully saturated rings. The van der Waals surface area contributed by atoms with Crippen molar-refractivity contribution in [2.45, 2.75) is 26.8 Å². The Morgan fingerprint density at radius 2 is 2.00 bits per heavy atom. The molecule has 2 aromatic rings. The molecule has 0 unspecified atom stereocenters. The molecular weight excluding hydrogens is 336 g/mol. The molecule has 2 N–H and O–H groups in total. The van der Waals surface area contributed by atoms with Gasteiger partial charge in [-0.05, 0) is 26.8 Å². The fraction of sp³-hybridized carbons (Fsp3) is 0.312. The Morgan fingerprint density at radius 3 is 2.62 bits per heavy atom. The van der Waals surface area contributed by atoms with Crippen LogP contribution in [-0.4, -0.2) is 30.6 Å². The number of rotatable bonds is 4. The van der Waals surface area contributed by atoms with Gasteiger partial charge in [0.15, 0.2) is 12.2 Å². The van der Waals surface area contributed by atoms with Gasteiger partial charge in [0, 0.05) is 17.0 Å². The third-order valence-corrected chi connectivity index (χ3v) is 3.41. The minimum atomic E-state index is -0.806. The van der Waals surface area contributed by atoms with E-state index in [9.17, 15) is 14.4 Å². The summed E-state index contributed by atoms with van der Waals surface area (Å²) in [5.74, 6) is -1.58. The highest BCUT2D eigenvalue weighted by atomic mass is 35.5. The lowest BCUT2D eigenvalue weighted by molar-refractivity contribution is -0.123. The molecule has 8 heteroatoms. The number of urea groups is 1. The summed E-state index contributed by atoms with van der Waals surface area (Å²) in [4.78, 5) is 35.0. The first-order valence-corrected chi connectivity index (χ1v) is 7.62. The summed E-state index contributed by atoms with van der Waals surface area (Å²) in [6.07, 6.45) is 0. The first-order chi connectivity index (χ1) is 11.3. The minimum absolute atomic E-state index is 0.0301. The quantitative estimate of drug-likeness (QED) is 0.824. The summed E-state index contributed by atoms with van der Waals surface area (Å²) in [7, 11) is 0. The molecule has 0 aliphatic carbocycles. The fourth-order valence-corrected chi connectivity index (χ4v) is 2.27. The van der Waals surface area contributed by atoms with Gasteiger partial charge in [-0.25, -0.2) is 9.59 Å². The summed E-state index contributed by atoms with van der Waals surface area (Å²) in [5.41, 5.74) is 0.944. The highest BCUT2D eigenvalue weighted by Crippen LogP contribution is 2.30. The Morgan fingerprint density at radius 1 is 1.29 bits per heavy atom. The topological polar surface area (TPSA) is 97.6 Å². The smallest absolute Gasteiger partial charge is 0.375 e. The molecule has 1 aromatic carbocycles. The molecule has 3 amide bonds. The number of hydrogen-bond acceptors (Lipinski definition) is 5. The van der Waals surface area contributed by atoms with E-state index in [-0.39, 0.29) is 11.8 Å². The van der Waals surface area contributed by atoms with E-state index in [0.29, 0.717) is 21.6 Å². The molecule has 2 rings (SSSR count). The molecule has 128 valence electrons. The van der Waals surface area contributed by atoms with E-state index in [1.165, 1.54) is 0 Å². The van der Waals surface area contributed by atoms with Gasteiger partial charge in [-0.15, -0.1) is 0 Å². The van der Waals surface area contributed by atoms with E-state index in [2.05, 4.69) is 10.6 Å². The van der Waals surface area contributed by atoms with Crippen molar-refractivity contribution in [1.29, 1.82) is 0 Å². The Labute approximate surface area is 143 Å². The maximum Gasteiger partial charge on any atom is 0.375 e. The van der Waals surface area contributed by atoms with Crippen molar-refractivity contribution in [3.8, 4) is 0 Å². The number of fused-ring (bicyclic) bond motifs is 1. The van der Waals surface area contributed by atoms with Gasteiger partial charge in [-0.2, -0.15) is 0 Å². The van der Waals surface area contributed by atoms with Gasteiger partial charge in [-0.3, -0.25) is 10.1 Å². The number of aryl methyl sites for hydroxylation is 1. The Bertz CT molecular complexity index is 797. The van der Waals surface area contributed by atoms with Crippen LogP contribution in [0.5, 0.6) is 0 Å². The van der Waals surface area contributed by atoms with Gasteiger partial charge >= 0.3 is 12.0 Å². The van der Waals surface area contributed by atoms with Gasteiger partial charge in [0.05, 0.1) is 5.02 Å². The van der Waals surface area contributed by atoms with E-state index in [4.69, 9.17) is 20.8 Å². The molecule has 0 bridgehead atoms. The molecular formula is C16H17ClN2O5. The zero-order chi connectivity index (χ0) is 17.9. The van der Waals surface area contributed by atoms with Crippen LogP contribution in [0.2, 0.25) is 5.02 Å². The number of carbonyl (C=O) groups excluding carboxylic acids is 3. The standard InChI is InChI=1S/C16H17ClN2O5/c1-8(2)18-16(22)19-12(20)7-23-15(21)13-9(3)10-5-4-6-11(17)14(10)24-13/h4-6,8H,7H2,1-3H3,(H2,18,19,20,22). The molecule has 0 spiro atoms. The molecule has 24 heavy (non-hydrogen) atoms. The normalized spacial score (nSPS) is 10.7. The Balaban J connectivity index is 2.01. The average molecular weight is 353 g/mol. The average Bonchev–Trinajstić information content (AvgIpc) is 2.83. The second-order valence-corrected chi connectivity index (χ2v) is 5.83. The van der Waals surface area contributed by atoms with Gasteiger partial charge in [-0.1, -0.05) is 23.7 Å². The lowest BCUT2D eigenvalue weighted by Crippen LogP contribution is -2.44. The van der Waals surface area contributed by atoms with Crippen molar-refractivity contribution >= 4 is 40.5 Å². The van der Waals surface area contributed by atoms with Crippen LogP contribution in [0.4, 0.5) is 4.79 Å². The minimum Gasteiger partial charge on any atom is -0.450 e. The molecule has 7 nitrogen and oxygen atoms in total. The van der Waals surface area contributed by atoms with Crippen LogP contribution in [-0.2, 0) is 9.53 Å². The molecule has 0 saturated carbocycles. The summed E-state index contributed by atoms with van der Waals surface area (Å²) >= 11 is 6.02. The lowest BCUT2D eigenvalue weighted by atomic mass is 10.1.